The molecule has 2 aromatic carbocycles. The minimum Gasteiger partial charge on any atom is -0.483 e. The van der Waals surface area contributed by atoms with Crippen LogP contribution < -0.4 is 15.6 Å². The third kappa shape index (κ3) is 4.48. The number of carbonyl (C=O) groups excluding carboxylic acids is 2. The molecule has 0 spiro atoms. The quantitative estimate of drug-likeness (QED) is 0.624. The summed E-state index contributed by atoms with van der Waals surface area (Å²) in [5, 5.41) is 10.2. The van der Waals surface area contributed by atoms with Crippen molar-refractivity contribution in [3.63, 3.8) is 0 Å². The van der Waals surface area contributed by atoms with E-state index in [4.69, 9.17) is 4.74 Å². The maximum absolute atomic E-state index is 13.0. The average Bonchev–Trinajstić information content (AvgIpc) is 2.76. The van der Waals surface area contributed by atoms with Gasteiger partial charge in [0, 0.05) is 25.0 Å². The van der Waals surface area contributed by atoms with Crippen molar-refractivity contribution in [3.8, 4) is 5.75 Å². The van der Waals surface area contributed by atoms with Crippen molar-refractivity contribution in [3.05, 3.63) is 70.1 Å². The third-order valence-corrected chi connectivity index (χ3v) is 4.77. The van der Waals surface area contributed by atoms with Gasteiger partial charge in [0.25, 0.3) is 17.4 Å². The molecular formula is C22H24N4O4. The van der Waals surface area contributed by atoms with E-state index >= 15 is 0 Å². The normalized spacial score (nSPS) is 11.7. The summed E-state index contributed by atoms with van der Waals surface area (Å²) in [4.78, 5) is 38.3. The van der Waals surface area contributed by atoms with Crippen LogP contribution in [-0.4, -0.2) is 47.6 Å². The number of carbonyl (C=O) groups is 2. The lowest BCUT2D eigenvalue weighted by Gasteiger charge is -2.21. The number of hydrogen-bond acceptors (Lipinski definition) is 5. The van der Waals surface area contributed by atoms with E-state index in [0.717, 1.165) is 5.56 Å². The second-order valence-electron chi connectivity index (χ2n) is 7.00. The molecule has 1 heterocycles. The molecule has 1 aromatic heterocycles. The lowest BCUT2D eigenvalue weighted by molar-refractivity contribution is -0.130. The number of H-pyrrole nitrogens is 1. The molecule has 0 saturated heterocycles. The van der Waals surface area contributed by atoms with Gasteiger partial charge in [-0.25, -0.2) is 5.10 Å². The monoisotopic (exact) mass is 408 g/mol. The van der Waals surface area contributed by atoms with Crippen molar-refractivity contribution in [2.45, 2.75) is 19.4 Å². The van der Waals surface area contributed by atoms with Crippen LogP contribution in [0.5, 0.6) is 5.75 Å². The van der Waals surface area contributed by atoms with Gasteiger partial charge in [-0.1, -0.05) is 43.3 Å². The van der Waals surface area contributed by atoms with Gasteiger partial charge in [0.1, 0.15) is 5.75 Å². The summed E-state index contributed by atoms with van der Waals surface area (Å²) >= 11 is 0. The van der Waals surface area contributed by atoms with Crippen molar-refractivity contribution >= 4 is 22.6 Å². The average molecular weight is 408 g/mol. The van der Waals surface area contributed by atoms with Crippen LogP contribution in [0.3, 0.4) is 0 Å². The molecule has 8 heteroatoms. The van der Waals surface area contributed by atoms with Crippen LogP contribution in [0.4, 0.5) is 0 Å². The SMILES string of the molecule is CCC(NC(=O)c1n[nH]c(=O)c2ccccc12)c1ccccc1OCC(=O)N(C)C. The van der Waals surface area contributed by atoms with Crippen molar-refractivity contribution in [1.82, 2.24) is 20.4 Å². The minimum absolute atomic E-state index is 0.0967. The highest BCUT2D eigenvalue weighted by Gasteiger charge is 2.21. The van der Waals surface area contributed by atoms with Crippen LogP contribution in [0.25, 0.3) is 10.8 Å². The largest absolute Gasteiger partial charge is 0.483 e. The Morgan fingerprint density at radius 1 is 1.10 bits per heavy atom. The first-order valence-electron chi connectivity index (χ1n) is 9.62. The fourth-order valence-electron chi connectivity index (χ4n) is 3.08. The topological polar surface area (TPSA) is 104 Å². The van der Waals surface area contributed by atoms with Gasteiger partial charge < -0.3 is 15.0 Å². The van der Waals surface area contributed by atoms with E-state index in [-0.39, 0.29) is 29.8 Å². The first-order chi connectivity index (χ1) is 14.4. The standard InChI is InChI=1S/C22H24N4O4/c1-4-17(16-11-7-8-12-18(16)30-13-19(27)26(2)3)23-22(29)20-14-9-5-6-10-15(14)21(28)25-24-20/h5-12,17H,4,13H2,1-3H3,(H,23,29)(H,25,28). The van der Waals surface area contributed by atoms with Gasteiger partial charge in [0.2, 0.25) is 0 Å². The Morgan fingerprint density at radius 3 is 2.47 bits per heavy atom. The number of amides is 2. The van der Waals surface area contributed by atoms with E-state index in [1.807, 2.05) is 25.1 Å². The Bertz CT molecular complexity index is 1120. The Kier molecular flexibility index (Phi) is 6.46. The van der Waals surface area contributed by atoms with E-state index in [1.54, 1.807) is 44.4 Å². The van der Waals surface area contributed by atoms with Crippen LogP contribution >= 0.6 is 0 Å². The van der Waals surface area contributed by atoms with Gasteiger partial charge in [0.05, 0.1) is 11.4 Å². The maximum atomic E-state index is 13.0. The Hall–Kier alpha value is -3.68. The highest BCUT2D eigenvalue weighted by Crippen LogP contribution is 2.28. The molecule has 30 heavy (non-hydrogen) atoms. The number of aromatic nitrogens is 2. The molecule has 0 aliphatic carbocycles. The molecule has 0 radical (unpaired) electrons. The smallest absolute Gasteiger partial charge is 0.272 e. The predicted octanol–water partition coefficient (Wildman–Crippen LogP) is 2.27. The Labute approximate surface area is 173 Å². The molecule has 0 aliphatic rings. The molecule has 8 nitrogen and oxygen atoms in total. The number of rotatable bonds is 7. The van der Waals surface area contributed by atoms with Crippen LogP contribution in [0, 0.1) is 0 Å². The number of nitrogens with one attached hydrogen (secondary N) is 2. The fourth-order valence-corrected chi connectivity index (χ4v) is 3.08. The number of para-hydroxylation sites is 1. The van der Waals surface area contributed by atoms with Gasteiger partial charge in [-0.2, -0.15) is 5.10 Å². The maximum Gasteiger partial charge on any atom is 0.272 e. The minimum atomic E-state index is -0.409. The summed E-state index contributed by atoms with van der Waals surface area (Å²) in [6.45, 7) is 1.84. The molecule has 156 valence electrons. The Balaban J connectivity index is 1.86. The molecule has 3 rings (SSSR count). The van der Waals surface area contributed by atoms with E-state index in [9.17, 15) is 14.4 Å². The molecular weight excluding hydrogens is 384 g/mol. The van der Waals surface area contributed by atoms with Crippen LogP contribution in [-0.2, 0) is 4.79 Å². The van der Waals surface area contributed by atoms with E-state index in [0.29, 0.717) is 22.9 Å². The Morgan fingerprint density at radius 2 is 1.77 bits per heavy atom. The number of likely N-dealkylation sites (N-methyl/N-ethyl adjacent to an activating group) is 1. The van der Waals surface area contributed by atoms with Gasteiger partial charge in [-0.05, 0) is 18.6 Å². The highest BCUT2D eigenvalue weighted by atomic mass is 16.5. The third-order valence-electron chi connectivity index (χ3n) is 4.77. The first kappa shape index (κ1) is 21.0. The van der Waals surface area contributed by atoms with Crippen molar-refractivity contribution in [2.75, 3.05) is 20.7 Å². The summed E-state index contributed by atoms with van der Waals surface area (Å²) < 4.78 is 5.71. The number of fused-ring (bicyclic) bond motifs is 1. The number of benzene rings is 2. The van der Waals surface area contributed by atoms with Gasteiger partial charge in [0.15, 0.2) is 12.3 Å². The van der Waals surface area contributed by atoms with E-state index in [1.165, 1.54) is 4.90 Å². The molecule has 1 atom stereocenters. The van der Waals surface area contributed by atoms with Gasteiger partial charge in [-0.15, -0.1) is 0 Å². The van der Waals surface area contributed by atoms with E-state index < -0.39 is 5.91 Å². The van der Waals surface area contributed by atoms with E-state index in [2.05, 4.69) is 15.5 Å². The van der Waals surface area contributed by atoms with Crippen molar-refractivity contribution in [1.29, 1.82) is 0 Å². The molecule has 0 bridgehead atoms. The van der Waals surface area contributed by atoms with Crippen molar-refractivity contribution in [2.24, 2.45) is 0 Å². The molecule has 0 saturated carbocycles. The zero-order valence-electron chi connectivity index (χ0n) is 17.1. The molecule has 0 aliphatic heterocycles. The first-order valence-corrected chi connectivity index (χ1v) is 9.62. The van der Waals surface area contributed by atoms with Crippen LogP contribution in [0.15, 0.2) is 53.3 Å². The zero-order valence-corrected chi connectivity index (χ0v) is 17.1. The van der Waals surface area contributed by atoms with Crippen LogP contribution in [0.1, 0.15) is 35.4 Å². The van der Waals surface area contributed by atoms with Crippen molar-refractivity contribution < 1.29 is 14.3 Å². The number of hydrogen-bond donors (Lipinski definition) is 2. The summed E-state index contributed by atoms with van der Waals surface area (Å²) in [7, 11) is 3.32. The molecule has 1 unspecified atom stereocenters. The van der Waals surface area contributed by atoms with Gasteiger partial charge >= 0.3 is 0 Å². The van der Waals surface area contributed by atoms with Crippen LogP contribution in [0.2, 0.25) is 0 Å². The molecule has 2 N–H and O–H groups in total. The molecule has 2 amide bonds. The lowest BCUT2D eigenvalue weighted by Crippen LogP contribution is -2.31. The predicted molar refractivity (Wildman–Crippen MR) is 113 cm³/mol. The number of ether oxygens (including phenoxy) is 1. The zero-order chi connectivity index (χ0) is 21.7. The summed E-state index contributed by atoms with van der Waals surface area (Å²) in [5.41, 5.74) is 0.553. The lowest BCUT2D eigenvalue weighted by atomic mass is 10.0. The highest BCUT2D eigenvalue weighted by molar-refractivity contribution is 6.04. The summed E-state index contributed by atoms with van der Waals surface area (Å²) in [5.74, 6) is -0.0431. The number of nitrogens with zero attached hydrogens (tertiary/aromatic N) is 2. The second-order valence-corrected chi connectivity index (χ2v) is 7.00. The second kappa shape index (κ2) is 9.21. The summed E-state index contributed by atoms with van der Waals surface area (Å²) in [6.07, 6.45) is 0.592. The number of aromatic amines is 1. The van der Waals surface area contributed by atoms with Gasteiger partial charge in [-0.3, -0.25) is 14.4 Å². The molecule has 0 fully saturated rings. The fraction of sp³-hybridized carbons (Fsp3) is 0.273. The molecule has 3 aromatic rings. The summed E-state index contributed by atoms with van der Waals surface area (Å²) in [6, 6.07) is 13.7.